The van der Waals surface area contributed by atoms with Gasteiger partial charge in [-0.1, -0.05) is 97.1 Å². The van der Waals surface area contributed by atoms with Gasteiger partial charge in [0.15, 0.2) is 0 Å². The van der Waals surface area contributed by atoms with Gasteiger partial charge in [-0.3, -0.25) is 0 Å². The summed E-state index contributed by atoms with van der Waals surface area (Å²) in [6.45, 7) is 0. The highest BCUT2D eigenvalue weighted by molar-refractivity contribution is 7.27. The SMILES string of the molecule is c1ccc(-c2cccc3c2sc2c(Nc4ccc(-c5ccc6sc7ccccc7c6c5)cc4)cccc23)cc1. The predicted octanol–water partition coefficient (Wildman–Crippen LogP) is 11.5. The minimum atomic E-state index is 1.09. The Morgan fingerprint density at radius 1 is 0.410 bits per heavy atom. The van der Waals surface area contributed by atoms with E-state index in [1.807, 2.05) is 22.7 Å². The molecule has 3 heteroatoms. The molecule has 8 rings (SSSR count). The van der Waals surface area contributed by atoms with Gasteiger partial charge in [-0.05, 0) is 58.7 Å². The lowest BCUT2D eigenvalue weighted by atomic mass is 10.0. The lowest BCUT2D eigenvalue weighted by molar-refractivity contribution is 1.58. The average molecular weight is 534 g/mol. The number of hydrogen-bond donors (Lipinski definition) is 1. The Kier molecular flexibility index (Phi) is 5.25. The summed E-state index contributed by atoms with van der Waals surface area (Å²) >= 11 is 3.73. The summed E-state index contributed by atoms with van der Waals surface area (Å²) in [5.41, 5.74) is 7.26. The molecule has 0 saturated heterocycles. The molecule has 6 aromatic carbocycles. The van der Waals surface area contributed by atoms with Gasteiger partial charge in [-0.15, -0.1) is 22.7 Å². The maximum Gasteiger partial charge on any atom is 0.0590 e. The molecule has 0 saturated carbocycles. The van der Waals surface area contributed by atoms with Crippen molar-refractivity contribution in [3.8, 4) is 22.3 Å². The quantitative estimate of drug-likeness (QED) is 0.237. The molecular formula is C36H23NS2. The van der Waals surface area contributed by atoms with E-state index in [1.54, 1.807) is 0 Å². The van der Waals surface area contributed by atoms with E-state index in [0.29, 0.717) is 0 Å². The van der Waals surface area contributed by atoms with Crippen molar-refractivity contribution in [2.24, 2.45) is 0 Å². The van der Waals surface area contributed by atoms with Gasteiger partial charge in [0.05, 0.1) is 10.4 Å². The fraction of sp³-hybridized carbons (Fsp3) is 0. The normalized spacial score (nSPS) is 11.6. The molecular weight excluding hydrogens is 511 g/mol. The number of anilines is 2. The number of fused-ring (bicyclic) bond motifs is 6. The third kappa shape index (κ3) is 3.82. The number of thiophene rings is 2. The first-order chi connectivity index (χ1) is 19.3. The van der Waals surface area contributed by atoms with Crippen LogP contribution in [-0.4, -0.2) is 0 Å². The van der Waals surface area contributed by atoms with Crippen molar-refractivity contribution in [1.29, 1.82) is 0 Å². The number of benzene rings is 6. The molecule has 0 aliphatic carbocycles. The van der Waals surface area contributed by atoms with Crippen LogP contribution in [0.4, 0.5) is 11.4 Å². The Morgan fingerprint density at radius 2 is 1.10 bits per heavy atom. The van der Waals surface area contributed by atoms with E-state index in [0.717, 1.165) is 11.4 Å². The second kappa shape index (κ2) is 9.09. The van der Waals surface area contributed by atoms with E-state index in [4.69, 9.17) is 0 Å². The minimum absolute atomic E-state index is 1.09. The van der Waals surface area contributed by atoms with Gasteiger partial charge >= 0.3 is 0 Å². The van der Waals surface area contributed by atoms with Crippen LogP contribution >= 0.6 is 22.7 Å². The van der Waals surface area contributed by atoms with Crippen molar-refractivity contribution in [3.05, 3.63) is 133 Å². The molecule has 0 aliphatic rings. The van der Waals surface area contributed by atoms with Gasteiger partial charge < -0.3 is 5.32 Å². The highest BCUT2D eigenvalue weighted by atomic mass is 32.1. The molecule has 1 N–H and O–H groups in total. The van der Waals surface area contributed by atoms with Crippen LogP contribution in [0.25, 0.3) is 62.6 Å². The first kappa shape index (κ1) is 22.5. The van der Waals surface area contributed by atoms with Crippen molar-refractivity contribution < 1.29 is 0 Å². The van der Waals surface area contributed by atoms with Crippen LogP contribution in [0.5, 0.6) is 0 Å². The van der Waals surface area contributed by atoms with Crippen molar-refractivity contribution in [3.63, 3.8) is 0 Å². The Bertz CT molecular complexity index is 2130. The van der Waals surface area contributed by atoms with Crippen molar-refractivity contribution in [2.75, 3.05) is 5.32 Å². The smallest absolute Gasteiger partial charge is 0.0590 e. The molecule has 0 bridgehead atoms. The molecule has 2 aromatic heterocycles. The van der Waals surface area contributed by atoms with Gasteiger partial charge in [0.25, 0.3) is 0 Å². The first-order valence-corrected chi connectivity index (χ1v) is 14.7. The van der Waals surface area contributed by atoms with Gasteiger partial charge in [0.2, 0.25) is 0 Å². The molecule has 0 spiro atoms. The van der Waals surface area contributed by atoms with Crippen molar-refractivity contribution in [1.82, 2.24) is 0 Å². The van der Waals surface area contributed by atoms with Crippen LogP contribution < -0.4 is 5.32 Å². The second-order valence-electron chi connectivity index (χ2n) is 9.84. The molecule has 0 unspecified atom stereocenters. The molecule has 39 heavy (non-hydrogen) atoms. The Hall–Kier alpha value is -4.44. The zero-order valence-corrected chi connectivity index (χ0v) is 22.7. The number of nitrogens with one attached hydrogen (secondary N) is 1. The summed E-state index contributed by atoms with van der Waals surface area (Å²) in [5, 5.41) is 8.99. The minimum Gasteiger partial charge on any atom is -0.354 e. The first-order valence-electron chi connectivity index (χ1n) is 13.1. The number of rotatable bonds is 4. The van der Waals surface area contributed by atoms with Crippen LogP contribution in [-0.2, 0) is 0 Å². The highest BCUT2D eigenvalue weighted by Gasteiger charge is 2.13. The summed E-state index contributed by atoms with van der Waals surface area (Å²) < 4.78 is 5.30. The second-order valence-corrected chi connectivity index (χ2v) is 11.9. The van der Waals surface area contributed by atoms with Crippen LogP contribution in [0.15, 0.2) is 133 Å². The van der Waals surface area contributed by atoms with Crippen LogP contribution in [0, 0.1) is 0 Å². The molecule has 0 fully saturated rings. The zero-order chi connectivity index (χ0) is 25.8. The van der Waals surface area contributed by atoms with Crippen molar-refractivity contribution in [2.45, 2.75) is 0 Å². The van der Waals surface area contributed by atoms with E-state index in [9.17, 15) is 0 Å². The van der Waals surface area contributed by atoms with Crippen LogP contribution in [0.3, 0.4) is 0 Å². The fourth-order valence-electron chi connectivity index (χ4n) is 5.57. The Labute approximate surface area is 234 Å². The van der Waals surface area contributed by atoms with E-state index in [-0.39, 0.29) is 0 Å². The molecule has 184 valence electrons. The van der Waals surface area contributed by atoms with E-state index < -0.39 is 0 Å². The zero-order valence-electron chi connectivity index (χ0n) is 21.0. The standard InChI is InChI=1S/C36H23NS2/c1-2-8-24(9-3-1)27-11-6-12-29-30-13-7-14-32(36(30)39-35(27)29)37-26-19-16-23(17-20-26)25-18-21-34-31(22-25)28-10-4-5-15-33(28)38-34/h1-22,37H. The van der Waals surface area contributed by atoms with Crippen molar-refractivity contribution >= 4 is 74.4 Å². The largest absolute Gasteiger partial charge is 0.354 e. The monoisotopic (exact) mass is 533 g/mol. The Morgan fingerprint density at radius 3 is 1.97 bits per heavy atom. The summed E-state index contributed by atoms with van der Waals surface area (Å²) in [6.07, 6.45) is 0. The molecule has 0 atom stereocenters. The maximum atomic E-state index is 3.71. The van der Waals surface area contributed by atoms with Crippen LogP contribution in [0.1, 0.15) is 0 Å². The summed E-state index contributed by atoms with van der Waals surface area (Å²) in [4.78, 5) is 0. The topological polar surface area (TPSA) is 12.0 Å². The van der Waals surface area contributed by atoms with E-state index in [1.165, 1.54) is 62.6 Å². The summed E-state index contributed by atoms with van der Waals surface area (Å²) in [6, 6.07) is 48.2. The lowest BCUT2D eigenvalue weighted by Gasteiger charge is -2.09. The highest BCUT2D eigenvalue weighted by Crippen LogP contribution is 2.43. The number of hydrogen-bond acceptors (Lipinski definition) is 3. The van der Waals surface area contributed by atoms with Gasteiger partial charge in [-0.2, -0.15) is 0 Å². The molecule has 1 nitrogen and oxygen atoms in total. The van der Waals surface area contributed by atoms with Gasteiger partial charge in [0, 0.05) is 41.3 Å². The summed E-state index contributed by atoms with van der Waals surface area (Å²) in [5.74, 6) is 0. The lowest BCUT2D eigenvalue weighted by Crippen LogP contribution is -1.90. The molecule has 2 heterocycles. The molecule has 8 aromatic rings. The van der Waals surface area contributed by atoms with E-state index in [2.05, 4.69) is 139 Å². The molecule has 0 aliphatic heterocycles. The third-order valence-electron chi connectivity index (χ3n) is 7.48. The Balaban J connectivity index is 1.15. The summed E-state index contributed by atoms with van der Waals surface area (Å²) in [7, 11) is 0. The maximum absolute atomic E-state index is 3.71. The van der Waals surface area contributed by atoms with Gasteiger partial charge in [-0.25, -0.2) is 0 Å². The van der Waals surface area contributed by atoms with E-state index >= 15 is 0 Å². The third-order valence-corrected chi connectivity index (χ3v) is 9.92. The predicted molar refractivity (Wildman–Crippen MR) is 173 cm³/mol. The molecule has 0 radical (unpaired) electrons. The fourth-order valence-corrected chi connectivity index (χ4v) is 7.96. The van der Waals surface area contributed by atoms with Crippen LogP contribution in [0.2, 0.25) is 0 Å². The average Bonchev–Trinajstić information content (AvgIpc) is 3.57. The molecule has 0 amide bonds. The van der Waals surface area contributed by atoms with Gasteiger partial charge in [0.1, 0.15) is 0 Å².